The van der Waals surface area contributed by atoms with Crippen LogP contribution < -0.4 is 0 Å². The highest BCUT2D eigenvalue weighted by Crippen LogP contribution is 2.27. The summed E-state index contributed by atoms with van der Waals surface area (Å²) < 4.78 is 24.9. The van der Waals surface area contributed by atoms with Gasteiger partial charge in [0, 0.05) is 31.4 Å². The third-order valence-corrected chi connectivity index (χ3v) is 4.97. The number of hydrogen-bond acceptors (Lipinski definition) is 5. The summed E-state index contributed by atoms with van der Waals surface area (Å²) in [5.74, 6) is 0.0869. The average molecular weight is 307 g/mol. The van der Waals surface area contributed by atoms with Crippen molar-refractivity contribution in [2.24, 2.45) is 0 Å². The fourth-order valence-corrected chi connectivity index (χ4v) is 3.50. The Labute approximate surface area is 123 Å². The second kappa shape index (κ2) is 5.53. The van der Waals surface area contributed by atoms with Gasteiger partial charge in [-0.25, -0.2) is 17.7 Å². The molecule has 0 spiro atoms. The molecule has 0 saturated carbocycles. The van der Waals surface area contributed by atoms with Crippen LogP contribution in [0.4, 0.5) is 0 Å². The van der Waals surface area contributed by atoms with Crippen LogP contribution in [0.1, 0.15) is 24.5 Å². The second-order valence-corrected chi connectivity index (χ2v) is 7.24. The lowest BCUT2D eigenvalue weighted by Crippen LogP contribution is -2.38. The fourth-order valence-electron chi connectivity index (χ4n) is 2.59. The van der Waals surface area contributed by atoms with Gasteiger partial charge in [-0.3, -0.25) is 10.1 Å². The van der Waals surface area contributed by atoms with E-state index in [4.69, 9.17) is 0 Å². The van der Waals surface area contributed by atoms with Crippen molar-refractivity contribution in [3.8, 4) is 11.4 Å². The first-order valence-electron chi connectivity index (χ1n) is 6.81. The third-order valence-electron chi connectivity index (χ3n) is 3.70. The second-order valence-electron chi connectivity index (χ2n) is 5.26. The molecule has 1 unspecified atom stereocenters. The minimum absolute atomic E-state index is 0.0869. The lowest BCUT2D eigenvalue weighted by Gasteiger charge is -2.30. The zero-order valence-corrected chi connectivity index (χ0v) is 12.5. The molecule has 0 radical (unpaired) electrons. The van der Waals surface area contributed by atoms with Gasteiger partial charge >= 0.3 is 0 Å². The lowest BCUT2D eigenvalue weighted by molar-refractivity contribution is 0.314. The van der Waals surface area contributed by atoms with E-state index in [0.717, 1.165) is 29.9 Å². The molecule has 8 heteroatoms. The highest BCUT2D eigenvalue weighted by Gasteiger charge is 2.27. The summed E-state index contributed by atoms with van der Waals surface area (Å²) in [6, 6.07) is 1.83. The maximum absolute atomic E-state index is 11.7. The molecule has 7 nitrogen and oxygen atoms in total. The van der Waals surface area contributed by atoms with Gasteiger partial charge in [-0.15, -0.1) is 0 Å². The molecule has 1 atom stereocenters. The largest absolute Gasteiger partial charge is 0.276 e. The zero-order chi connectivity index (χ0) is 14.9. The van der Waals surface area contributed by atoms with E-state index >= 15 is 0 Å². The number of hydrogen-bond donors (Lipinski definition) is 1. The summed E-state index contributed by atoms with van der Waals surface area (Å²) in [4.78, 5) is 8.82. The monoisotopic (exact) mass is 307 g/mol. The van der Waals surface area contributed by atoms with Crippen LogP contribution >= 0.6 is 0 Å². The molecule has 0 aromatic carbocycles. The van der Waals surface area contributed by atoms with Crippen molar-refractivity contribution in [1.29, 1.82) is 0 Å². The highest BCUT2D eigenvalue weighted by molar-refractivity contribution is 7.88. The lowest BCUT2D eigenvalue weighted by atomic mass is 9.96. The van der Waals surface area contributed by atoms with Crippen LogP contribution in [-0.2, 0) is 10.0 Å². The molecule has 1 aliphatic heterocycles. The van der Waals surface area contributed by atoms with Gasteiger partial charge in [0.2, 0.25) is 10.0 Å². The average Bonchev–Trinajstić information content (AvgIpc) is 3.01. The summed E-state index contributed by atoms with van der Waals surface area (Å²) in [5.41, 5.74) is 2.36. The van der Waals surface area contributed by atoms with Crippen molar-refractivity contribution in [1.82, 2.24) is 24.5 Å². The SMILES string of the molecule is CS(=O)(=O)N1CCCC(c2cncc(-c3ccn[nH]3)n2)C1. The van der Waals surface area contributed by atoms with Crippen LogP contribution in [0.5, 0.6) is 0 Å². The number of nitrogens with zero attached hydrogens (tertiary/aromatic N) is 4. The zero-order valence-electron chi connectivity index (χ0n) is 11.7. The number of piperidine rings is 1. The van der Waals surface area contributed by atoms with E-state index in [2.05, 4.69) is 20.2 Å². The topological polar surface area (TPSA) is 91.8 Å². The van der Waals surface area contributed by atoms with Crippen LogP contribution in [0.25, 0.3) is 11.4 Å². The maximum atomic E-state index is 11.7. The van der Waals surface area contributed by atoms with Gasteiger partial charge in [0.1, 0.15) is 5.69 Å². The number of nitrogens with one attached hydrogen (secondary N) is 1. The molecular weight excluding hydrogens is 290 g/mol. The normalized spacial score (nSPS) is 20.5. The van der Waals surface area contributed by atoms with Crippen molar-refractivity contribution < 1.29 is 8.42 Å². The molecule has 0 amide bonds. The molecule has 21 heavy (non-hydrogen) atoms. The van der Waals surface area contributed by atoms with E-state index in [1.165, 1.54) is 10.6 Å². The molecule has 3 rings (SSSR count). The molecule has 2 aromatic rings. The Morgan fingerprint density at radius 2 is 2.24 bits per heavy atom. The predicted octanol–water partition coefficient (Wildman–Crippen LogP) is 1.01. The summed E-state index contributed by atoms with van der Waals surface area (Å²) in [7, 11) is -3.15. The van der Waals surface area contributed by atoms with Gasteiger partial charge in [-0.05, 0) is 18.9 Å². The predicted molar refractivity (Wildman–Crippen MR) is 78.0 cm³/mol. The fraction of sp³-hybridized carbons (Fsp3) is 0.462. The molecule has 1 saturated heterocycles. The summed E-state index contributed by atoms with van der Waals surface area (Å²) in [6.45, 7) is 1.06. The van der Waals surface area contributed by atoms with E-state index in [0.29, 0.717) is 13.1 Å². The maximum Gasteiger partial charge on any atom is 0.211 e. The molecule has 1 fully saturated rings. The Morgan fingerprint density at radius 1 is 1.38 bits per heavy atom. The smallest absolute Gasteiger partial charge is 0.211 e. The van der Waals surface area contributed by atoms with Crippen molar-refractivity contribution in [2.75, 3.05) is 19.3 Å². The van der Waals surface area contributed by atoms with E-state index in [1.54, 1.807) is 18.6 Å². The number of H-pyrrole nitrogens is 1. The number of aromatic nitrogens is 4. The minimum Gasteiger partial charge on any atom is -0.276 e. The van der Waals surface area contributed by atoms with E-state index in [-0.39, 0.29) is 5.92 Å². The van der Waals surface area contributed by atoms with Gasteiger partial charge in [0.05, 0.1) is 23.8 Å². The molecule has 1 aliphatic rings. The summed E-state index contributed by atoms with van der Waals surface area (Å²) >= 11 is 0. The van der Waals surface area contributed by atoms with Gasteiger partial charge in [-0.2, -0.15) is 5.10 Å². The first kappa shape index (κ1) is 14.2. The third kappa shape index (κ3) is 3.11. The van der Waals surface area contributed by atoms with Crippen molar-refractivity contribution in [3.63, 3.8) is 0 Å². The first-order valence-corrected chi connectivity index (χ1v) is 8.65. The van der Waals surface area contributed by atoms with Crippen LogP contribution in [-0.4, -0.2) is 52.2 Å². The van der Waals surface area contributed by atoms with Gasteiger partial charge in [0.15, 0.2) is 0 Å². The Hall–Kier alpha value is -1.80. The highest BCUT2D eigenvalue weighted by atomic mass is 32.2. The molecule has 1 N–H and O–H groups in total. The van der Waals surface area contributed by atoms with Crippen LogP contribution in [0.3, 0.4) is 0 Å². The quantitative estimate of drug-likeness (QED) is 0.913. The Morgan fingerprint density at radius 3 is 2.95 bits per heavy atom. The van der Waals surface area contributed by atoms with Crippen LogP contribution in [0.15, 0.2) is 24.7 Å². The van der Waals surface area contributed by atoms with Gasteiger partial charge in [-0.1, -0.05) is 0 Å². The minimum atomic E-state index is -3.15. The van der Waals surface area contributed by atoms with Crippen LogP contribution in [0.2, 0.25) is 0 Å². The van der Waals surface area contributed by atoms with Crippen LogP contribution in [0, 0.1) is 0 Å². The molecule has 0 bridgehead atoms. The Kier molecular flexibility index (Phi) is 3.73. The number of rotatable bonds is 3. The van der Waals surface area contributed by atoms with Gasteiger partial charge in [0.25, 0.3) is 0 Å². The molecule has 2 aromatic heterocycles. The van der Waals surface area contributed by atoms with Gasteiger partial charge < -0.3 is 0 Å². The van der Waals surface area contributed by atoms with Crippen molar-refractivity contribution in [3.05, 3.63) is 30.4 Å². The van der Waals surface area contributed by atoms with E-state index in [1.807, 2.05) is 6.07 Å². The first-order chi connectivity index (χ1) is 10.0. The van der Waals surface area contributed by atoms with Crippen molar-refractivity contribution >= 4 is 10.0 Å². The molecule has 3 heterocycles. The van der Waals surface area contributed by atoms with Crippen molar-refractivity contribution in [2.45, 2.75) is 18.8 Å². The summed E-state index contributed by atoms with van der Waals surface area (Å²) in [6.07, 6.45) is 8.07. The number of sulfonamides is 1. The Bertz CT molecular complexity index is 714. The standard InChI is InChI=1S/C13H17N5O2S/c1-21(19,20)18-6-2-3-10(9-18)12-7-14-8-13(16-12)11-4-5-15-17-11/h4-5,7-8,10H,2-3,6,9H2,1H3,(H,15,17). The van der Waals surface area contributed by atoms with E-state index < -0.39 is 10.0 Å². The molecule has 0 aliphatic carbocycles. The molecular formula is C13H17N5O2S. The Balaban J connectivity index is 1.85. The van der Waals surface area contributed by atoms with E-state index in [9.17, 15) is 8.42 Å². The molecule has 112 valence electrons. The summed E-state index contributed by atoms with van der Waals surface area (Å²) in [5, 5.41) is 6.76. The number of aromatic amines is 1.